The third-order valence-electron chi connectivity index (χ3n) is 5.12. The van der Waals surface area contributed by atoms with Gasteiger partial charge in [0.2, 0.25) is 0 Å². The fraction of sp³-hybridized carbons (Fsp3) is 0.800. The van der Waals surface area contributed by atoms with Gasteiger partial charge in [-0.25, -0.2) is 4.79 Å². The van der Waals surface area contributed by atoms with E-state index in [0.717, 1.165) is 6.08 Å². The molecule has 0 aromatic heterocycles. The Balaban J connectivity index is 2.21. The van der Waals surface area contributed by atoms with Crippen LogP contribution in [0.5, 0.6) is 0 Å². The minimum absolute atomic E-state index is 0.117. The van der Waals surface area contributed by atoms with Crippen LogP contribution in [0.1, 0.15) is 32.1 Å². The van der Waals surface area contributed by atoms with Crippen LogP contribution < -0.4 is 0 Å². The Labute approximate surface area is 134 Å². The number of halogens is 6. The van der Waals surface area contributed by atoms with Gasteiger partial charge in [-0.05, 0) is 49.9 Å². The standard InChI is InChI=1S/C15H18F6O3/c1-2-12(22)24-11-6-8-3-4-10(11)9(5-8)7-13(23,14(16,17)18)15(19,20)21/h2,8-11,23H,1,3-7H2. The highest BCUT2D eigenvalue weighted by atomic mass is 19.4. The first-order valence-corrected chi connectivity index (χ1v) is 7.58. The van der Waals surface area contributed by atoms with Crippen LogP contribution in [0.15, 0.2) is 12.7 Å². The van der Waals surface area contributed by atoms with Crippen molar-refractivity contribution in [2.24, 2.45) is 17.8 Å². The molecule has 0 aromatic rings. The molecule has 3 rings (SSSR count). The van der Waals surface area contributed by atoms with Crippen molar-refractivity contribution in [2.75, 3.05) is 0 Å². The Bertz CT molecular complexity index is 484. The maximum absolute atomic E-state index is 12.9. The van der Waals surface area contributed by atoms with Gasteiger partial charge in [0.05, 0.1) is 0 Å². The van der Waals surface area contributed by atoms with E-state index in [4.69, 9.17) is 4.74 Å². The molecule has 0 spiro atoms. The minimum Gasteiger partial charge on any atom is -0.459 e. The molecule has 3 saturated carbocycles. The van der Waals surface area contributed by atoms with Crippen molar-refractivity contribution in [3.8, 4) is 0 Å². The molecule has 3 nitrogen and oxygen atoms in total. The van der Waals surface area contributed by atoms with E-state index in [9.17, 15) is 36.2 Å². The molecule has 2 bridgehead atoms. The fourth-order valence-electron chi connectivity index (χ4n) is 3.93. The van der Waals surface area contributed by atoms with Crippen molar-refractivity contribution in [1.82, 2.24) is 0 Å². The molecule has 1 N–H and O–H groups in total. The number of fused-ring (bicyclic) bond motifs is 3. The fourth-order valence-corrected chi connectivity index (χ4v) is 3.93. The maximum atomic E-state index is 12.9. The van der Waals surface area contributed by atoms with E-state index in [0.29, 0.717) is 19.3 Å². The van der Waals surface area contributed by atoms with E-state index >= 15 is 0 Å². The SMILES string of the molecule is C=CC(=O)OC1CC2CCC1C(CC(O)(C(F)(F)F)C(F)(F)F)C2. The van der Waals surface area contributed by atoms with Crippen molar-refractivity contribution < 1.29 is 41.0 Å². The van der Waals surface area contributed by atoms with Gasteiger partial charge >= 0.3 is 18.3 Å². The van der Waals surface area contributed by atoms with Gasteiger partial charge in [-0.2, -0.15) is 26.3 Å². The molecule has 138 valence electrons. The summed E-state index contributed by atoms with van der Waals surface area (Å²) < 4.78 is 82.4. The summed E-state index contributed by atoms with van der Waals surface area (Å²) in [6.45, 7) is 3.22. The molecule has 0 saturated heterocycles. The molecule has 0 aliphatic heterocycles. The second-order valence-corrected chi connectivity index (χ2v) is 6.58. The molecule has 4 unspecified atom stereocenters. The van der Waals surface area contributed by atoms with Crippen LogP contribution >= 0.6 is 0 Å². The number of hydrogen-bond donors (Lipinski definition) is 1. The zero-order valence-corrected chi connectivity index (χ0v) is 12.7. The topological polar surface area (TPSA) is 46.5 Å². The van der Waals surface area contributed by atoms with Crippen molar-refractivity contribution in [3.63, 3.8) is 0 Å². The van der Waals surface area contributed by atoms with Crippen molar-refractivity contribution in [2.45, 2.75) is 56.2 Å². The summed E-state index contributed by atoms with van der Waals surface area (Å²) in [5, 5.41) is 9.41. The molecule has 4 atom stereocenters. The molecule has 3 aliphatic carbocycles. The van der Waals surface area contributed by atoms with Gasteiger partial charge < -0.3 is 9.84 Å². The highest BCUT2D eigenvalue weighted by Crippen LogP contribution is 2.54. The Morgan fingerprint density at radius 3 is 2.17 bits per heavy atom. The molecule has 0 heterocycles. The van der Waals surface area contributed by atoms with Gasteiger partial charge in [-0.3, -0.25) is 0 Å². The lowest BCUT2D eigenvalue weighted by molar-refractivity contribution is -0.375. The number of aliphatic hydroxyl groups is 1. The van der Waals surface area contributed by atoms with Crippen LogP contribution in [-0.2, 0) is 9.53 Å². The first-order chi connectivity index (χ1) is 10.9. The Kier molecular flexibility index (Phi) is 4.96. The van der Waals surface area contributed by atoms with Crippen LogP contribution in [0.25, 0.3) is 0 Å². The summed E-state index contributed by atoms with van der Waals surface area (Å²) in [7, 11) is 0. The molecule has 0 radical (unpaired) electrons. The predicted octanol–water partition coefficient (Wildman–Crippen LogP) is 3.77. The number of rotatable bonds is 4. The third-order valence-corrected chi connectivity index (χ3v) is 5.12. The molecule has 3 aliphatic rings. The first-order valence-electron chi connectivity index (χ1n) is 7.58. The van der Waals surface area contributed by atoms with Crippen LogP contribution in [0, 0.1) is 17.8 Å². The summed E-state index contributed by atoms with van der Waals surface area (Å²) in [5.41, 5.74) is -4.75. The molecule has 0 amide bonds. The number of carbonyl (C=O) groups excluding carboxylic acids is 1. The summed E-state index contributed by atoms with van der Waals surface area (Å²) in [6.07, 6.45) is -11.3. The van der Waals surface area contributed by atoms with Crippen LogP contribution in [0.4, 0.5) is 26.3 Å². The number of hydrogen-bond acceptors (Lipinski definition) is 3. The number of alkyl halides is 6. The van der Waals surface area contributed by atoms with Gasteiger partial charge in [0, 0.05) is 6.08 Å². The summed E-state index contributed by atoms with van der Waals surface area (Å²) in [5.74, 6) is -2.52. The number of esters is 1. The molecule has 9 heteroatoms. The first kappa shape index (κ1) is 19.1. The maximum Gasteiger partial charge on any atom is 0.426 e. The lowest BCUT2D eigenvalue weighted by Gasteiger charge is -2.49. The third kappa shape index (κ3) is 3.41. The highest BCUT2D eigenvalue weighted by Gasteiger charge is 2.71. The Morgan fingerprint density at radius 1 is 1.12 bits per heavy atom. The molecule has 3 fully saturated rings. The van der Waals surface area contributed by atoms with E-state index < -0.39 is 48.3 Å². The summed E-state index contributed by atoms with van der Waals surface area (Å²) >= 11 is 0. The lowest BCUT2D eigenvalue weighted by Crippen LogP contribution is -2.59. The number of ether oxygens (including phenoxy) is 1. The molecule has 0 aromatic carbocycles. The van der Waals surface area contributed by atoms with E-state index in [1.165, 1.54) is 0 Å². The second kappa shape index (κ2) is 6.24. The Morgan fingerprint density at radius 2 is 1.71 bits per heavy atom. The van der Waals surface area contributed by atoms with Gasteiger partial charge in [-0.15, -0.1) is 0 Å². The van der Waals surface area contributed by atoms with Gasteiger partial charge in [-0.1, -0.05) is 6.58 Å². The minimum atomic E-state index is -5.82. The zero-order chi connectivity index (χ0) is 18.3. The van der Waals surface area contributed by atoms with E-state index in [-0.39, 0.29) is 12.3 Å². The monoisotopic (exact) mass is 360 g/mol. The Hall–Kier alpha value is -1.25. The normalized spacial score (nSPS) is 31.0. The molecule has 24 heavy (non-hydrogen) atoms. The number of carbonyl (C=O) groups is 1. The summed E-state index contributed by atoms with van der Waals surface area (Å²) in [4.78, 5) is 11.3. The van der Waals surface area contributed by atoms with E-state index in [1.807, 2.05) is 0 Å². The van der Waals surface area contributed by atoms with Gasteiger partial charge in [0.15, 0.2) is 0 Å². The quantitative estimate of drug-likeness (QED) is 0.472. The van der Waals surface area contributed by atoms with Crippen molar-refractivity contribution in [3.05, 3.63) is 12.7 Å². The second-order valence-electron chi connectivity index (χ2n) is 6.58. The largest absolute Gasteiger partial charge is 0.459 e. The van der Waals surface area contributed by atoms with Crippen LogP contribution in [0.3, 0.4) is 0 Å². The molecular weight excluding hydrogens is 342 g/mol. The van der Waals surface area contributed by atoms with Crippen molar-refractivity contribution >= 4 is 5.97 Å². The zero-order valence-electron chi connectivity index (χ0n) is 12.7. The average Bonchev–Trinajstić information content (AvgIpc) is 2.45. The van der Waals surface area contributed by atoms with Crippen LogP contribution in [-0.4, -0.2) is 35.1 Å². The predicted molar refractivity (Wildman–Crippen MR) is 70.7 cm³/mol. The lowest BCUT2D eigenvalue weighted by atomic mass is 9.60. The van der Waals surface area contributed by atoms with Crippen molar-refractivity contribution in [1.29, 1.82) is 0 Å². The van der Waals surface area contributed by atoms with E-state index in [1.54, 1.807) is 0 Å². The smallest absolute Gasteiger partial charge is 0.426 e. The average molecular weight is 360 g/mol. The van der Waals surface area contributed by atoms with Crippen LogP contribution in [0.2, 0.25) is 0 Å². The van der Waals surface area contributed by atoms with Gasteiger partial charge in [0.1, 0.15) is 6.10 Å². The van der Waals surface area contributed by atoms with E-state index in [2.05, 4.69) is 6.58 Å². The molecular formula is C15H18F6O3. The summed E-state index contributed by atoms with van der Waals surface area (Å²) in [6, 6.07) is 0. The van der Waals surface area contributed by atoms with Gasteiger partial charge in [0.25, 0.3) is 5.60 Å². The highest BCUT2D eigenvalue weighted by molar-refractivity contribution is 5.81.